The quantitative estimate of drug-likeness (QED) is 0.352. The Balaban J connectivity index is 1.72. The largest absolute Gasteiger partial charge is 0.460 e. The van der Waals surface area contributed by atoms with Crippen LogP contribution in [0.15, 0.2) is 75.9 Å². The van der Waals surface area contributed by atoms with Crippen LogP contribution in [0.25, 0.3) is 22.1 Å². The van der Waals surface area contributed by atoms with Gasteiger partial charge >= 0.3 is 5.97 Å². The van der Waals surface area contributed by atoms with Crippen LogP contribution in [0.1, 0.15) is 16.1 Å². The van der Waals surface area contributed by atoms with Crippen molar-refractivity contribution in [3.8, 4) is 16.9 Å². The van der Waals surface area contributed by atoms with Gasteiger partial charge in [-0.3, -0.25) is 4.79 Å². The van der Waals surface area contributed by atoms with E-state index in [1.807, 2.05) is 30.3 Å². The number of fused-ring (bicyclic) bond motifs is 1. The molecule has 0 aliphatic heterocycles. The lowest BCUT2D eigenvalue weighted by Gasteiger charge is -2.09. The highest BCUT2D eigenvalue weighted by Gasteiger charge is 2.17. The molecule has 29 heavy (non-hydrogen) atoms. The van der Waals surface area contributed by atoms with Crippen LogP contribution in [0.4, 0.5) is 8.78 Å². The fraction of sp³-hybridized carbons (Fsp3) is 0.0435. The van der Waals surface area contributed by atoms with Gasteiger partial charge in [0, 0.05) is 12.1 Å². The number of hydrogen-bond acceptors (Lipinski definition) is 4. The summed E-state index contributed by atoms with van der Waals surface area (Å²) in [6.07, 6.45) is 0. The van der Waals surface area contributed by atoms with Crippen molar-refractivity contribution < 1.29 is 22.7 Å². The molecule has 0 aliphatic rings. The Morgan fingerprint density at radius 3 is 2.45 bits per heavy atom. The summed E-state index contributed by atoms with van der Waals surface area (Å²) in [6, 6.07) is 16.0. The molecule has 3 aromatic carbocycles. The molecule has 0 saturated heterocycles. The minimum absolute atomic E-state index is 0.0706. The fourth-order valence-corrected chi connectivity index (χ4v) is 3.10. The summed E-state index contributed by atoms with van der Waals surface area (Å²) in [5.41, 5.74) is 0.817. The average Bonchev–Trinajstić information content (AvgIpc) is 2.68. The van der Waals surface area contributed by atoms with Crippen molar-refractivity contribution in [1.29, 1.82) is 0 Å². The number of aryl methyl sites for hydroxylation is 1. The van der Waals surface area contributed by atoms with Gasteiger partial charge in [-0.2, -0.15) is 0 Å². The van der Waals surface area contributed by atoms with Gasteiger partial charge in [0.05, 0.1) is 16.5 Å². The second-order valence-electron chi connectivity index (χ2n) is 6.40. The number of esters is 1. The first-order valence-electron chi connectivity index (χ1n) is 8.74. The molecule has 0 N–H and O–H groups in total. The van der Waals surface area contributed by atoms with Crippen LogP contribution in [0.3, 0.4) is 0 Å². The maximum Gasteiger partial charge on any atom is 0.346 e. The first-order chi connectivity index (χ1) is 13.9. The molecule has 0 radical (unpaired) electrons. The van der Waals surface area contributed by atoms with Gasteiger partial charge in [-0.05, 0) is 36.8 Å². The van der Waals surface area contributed by atoms with Crippen LogP contribution in [0, 0.1) is 18.6 Å². The highest BCUT2D eigenvalue weighted by atomic mass is 19.1. The van der Waals surface area contributed by atoms with E-state index in [-0.39, 0.29) is 16.8 Å². The molecular formula is C23H14F2O4. The van der Waals surface area contributed by atoms with Gasteiger partial charge < -0.3 is 9.15 Å². The number of rotatable bonds is 3. The zero-order valence-electron chi connectivity index (χ0n) is 15.2. The number of carbonyl (C=O) groups excluding carboxylic acids is 1. The number of hydrogen-bond donors (Lipinski definition) is 0. The molecule has 0 bridgehead atoms. The summed E-state index contributed by atoms with van der Waals surface area (Å²) >= 11 is 0. The van der Waals surface area contributed by atoms with Crippen molar-refractivity contribution in [2.75, 3.05) is 0 Å². The summed E-state index contributed by atoms with van der Waals surface area (Å²) in [5.74, 6) is -2.31. The number of carbonyl (C=O) groups is 1. The highest BCUT2D eigenvalue weighted by Crippen LogP contribution is 2.26. The fourth-order valence-electron chi connectivity index (χ4n) is 3.10. The Morgan fingerprint density at radius 1 is 0.966 bits per heavy atom. The molecule has 6 heteroatoms. The molecule has 0 amide bonds. The highest BCUT2D eigenvalue weighted by molar-refractivity contribution is 5.92. The van der Waals surface area contributed by atoms with Gasteiger partial charge in [-0.1, -0.05) is 30.3 Å². The minimum atomic E-state index is -1.02. The molecule has 0 saturated carbocycles. The van der Waals surface area contributed by atoms with E-state index in [0.29, 0.717) is 22.8 Å². The average molecular weight is 392 g/mol. The van der Waals surface area contributed by atoms with Crippen LogP contribution in [-0.4, -0.2) is 5.97 Å². The molecule has 144 valence electrons. The van der Waals surface area contributed by atoms with E-state index >= 15 is 0 Å². The maximum atomic E-state index is 13.8. The van der Waals surface area contributed by atoms with Gasteiger partial charge in [0.25, 0.3) is 0 Å². The van der Waals surface area contributed by atoms with Crippen LogP contribution < -0.4 is 10.2 Å². The smallest absolute Gasteiger partial charge is 0.346 e. The van der Waals surface area contributed by atoms with Crippen molar-refractivity contribution in [1.82, 2.24) is 0 Å². The Morgan fingerprint density at radius 2 is 1.72 bits per heavy atom. The molecule has 0 unspecified atom stereocenters. The SMILES string of the molecule is Cc1oc2cc(OC(=O)c3ccc(F)cc3F)ccc2c(=O)c1-c1ccccc1. The summed E-state index contributed by atoms with van der Waals surface area (Å²) < 4.78 is 37.7. The zero-order valence-corrected chi connectivity index (χ0v) is 15.2. The lowest BCUT2D eigenvalue weighted by atomic mass is 10.0. The van der Waals surface area contributed by atoms with E-state index in [1.54, 1.807) is 6.92 Å². The Labute approximate surface area is 164 Å². The predicted molar refractivity (Wildman–Crippen MR) is 104 cm³/mol. The van der Waals surface area contributed by atoms with Gasteiger partial charge in [-0.25, -0.2) is 13.6 Å². The maximum absolute atomic E-state index is 13.8. The van der Waals surface area contributed by atoms with Crippen molar-refractivity contribution in [3.63, 3.8) is 0 Å². The molecule has 0 aliphatic carbocycles. The third-order valence-corrected chi connectivity index (χ3v) is 4.46. The van der Waals surface area contributed by atoms with Gasteiger partial charge in [0.2, 0.25) is 5.43 Å². The molecular weight excluding hydrogens is 378 g/mol. The topological polar surface area (TPSA) is 56.5 Å². The van der Waals surface area contributed by atoms with E-state index in [9.17, 15) is 18.4 Å². The molecule has 1 heterocycles. The van der Waals surface area contributed by atoms with E-state index < -0.39 is 23.2 Å². The molecule has 0 fully saturated rings. The normalized spacial score (nSPS) is 10.9. The van der Waals surface area contributed by atoms with Crippen molar-refractivity contribution in [2.45, 2.75) is 6.92 Å². The van der Waals surface area contributed by atoms with Crippen molar-refractivity contribution in [3.05, 3.63) is 99.9 Å². The second kappa shape index (κ2) is 7.31. The van der Waals surface area contributed by atoms with Crippen molar-refractivity contribution >= 4 is 16.9 Å². The number of halogens is 2. The number of benzene rings is 3. The first-order valence-corrected chi connectivity index (χ1v) is 8.74. The van der Waals surface area contributed by atoms with Crippen LogP contribution >= 0.6 is 0 Å². The Hall–Kier alpha value is -3.80. The molecule has 4 rings (SSSR count). The van der Waals surface area contributed by atoms with Gasteiger partial charge in [0.15, 0.2) is 0 Å². The van der Waals surface area contributed by atoms with Crippen LogP contribution in [0.2, 0.25) is 0 Å². The Kier molecular flexibility index (Phi) is 4.68. The monoisotopic (exact) mass is 392 g/mol. The lowest BCUT2D eigenvalue weighted by Crippen LogP contribution is -2.11. The van der Waals surface area contributed by atoms with E-state index in [4.69, 9.17) is 9.15 Å². The predicted octanol–water partition coefficient (Wildman–Crippen LogP) is 5.27. The van der Waals surface area contributed by atoms with Crippen LogP contribution in [0.5, 0.6) is 5.75 Å². The summed E-state index contributed by atoms with van der Waals surface area (Å²) in [5, 5.41) is 0.321. The zero-order chi connectivity index (χ0) is 20.5. The van der Waals surface area contributed by atoms with E-state index in [2.05, 4.69) is 0 Å². The van der Waals surface area contributed by atoms with Crippen molar-refractivity contribution in [2.24, 2.45) is 0 Å². The molecule has 4 aromatic rings. The summed E-state index contributed by atoms with van der Waals surface area (Å²) in [7, 11) is 0. The minimum Gasteiger partial charge on any atom is -0.460 e. The molecule has 4 nitrogen and oxygen atoms in total. The molecule has 0 atom stereocenters. The van der Waals surface area contributed by atoms with Gasteiger partial charge in [0.1, 0.15) is 28.7 Å². The third-order valence-electron chi connectivity index (χ3n) is 4.46. The first kappa shape index (κ1) is 18.6. The van der Waals surface area contributed by atoms with Gasteiger partial charge in [-0.15, -0.1) is 0 Å². The summed E-state index contributed by atoms with van der Waals surface area (Å²) in [6.45, 7) is 1.68. The standard InChI is InChI=1S/C23H14F2O4/c1-13-21(14-5-3-2-4-6-14)22(26)18-10-8-16(12-20(18)28-13)29-23(27)17-9-7-15(24)11-19(17)25/h2-12H,1H3. The second-order valence-corrected chi connectivity index (χ2v) is 6.40. The lowest BCUT2D eigenvalue weighted by molar-refractivity contribution is 0.0730. The number of ether oxygens (including phenoxy) is 1. The molecule has 1 aromatic heterocycles. The van der Waals surface area contributed by atoms with Crippen LogP contribution in [-0.2, 0) is 0 Å². The Bertz CT molecular complexity index is 1290. The molecule has 0 spiro atoms. The van der Waals surface area contributed by atoms with E-state index in [0.717, 1.165) is 17.7 Å². The van der Waals surface area contributed by atoms with E-state index in [1.165, 1.54) is 18.2 Å². The summed E-state index contributed by atoms with van der Waals surface area (Å²) in [4.78, 5) is 25.1. The third kappa shape index (κ3) is 3.52.